The maximum Gasteiger partial charge on any atom is 0.218 e. The third-order valence-corrected chi connectivity index (χ3v) is 12.0. The summed E-state index contributed by atoms with van der Waals surface area (Å²) in [6, 6.07) is 30.7. The fraction of sp³-hybridized carbons (Fsp3) is 0.362. The van der Waals surface area contributed by atoms with Gasteiger partial charge in [0.05, 0.1) is 11.4 Å². The highest BCUT2D eigenvalue weighted by Gasteiger charge is 2.55. The molecule has 3 heterocycles. The van der Waals surface area contributed by atoms with Gasteiger partial charge < -0.3 is 9.47 Å². The van der Waals surface area contributed by atoms with E-state index in [9.17, 15) is 0 Å². The molecule has 2 aliphatic heterocycles. The summed E-state index contributed by atoms with van der Waals surface area (Å²) in [6.07, 6.45) is 4.99. The zero-order valence-corrected chi connectivity index (χ0v) is 32.4. The van der Waals surface area contributed by atoms with Gasteiger partial charge in [0.25, 0.3) is 0 Å². The standard InChI is InChI=1S/C47H51N3O2/c1-29-23-34(50-40-20-19-33(44(4,5)6)26-39(40)45(7,8)38-18-14-22-48-42(38)50)27-35(24-29)51-41-28-36(30(2)25-31(41)3)43-49-46(9)21-13-16-32-15-11-12-17-37(32)47(46,10)52-43/h11-12,14-15,17-20,22-28H,13,16,21H2,1-10H3/t46-,47+/m1/s1. The number of aromatic nitrogens is 1. The Kier molecular flexibility index (Phi) is 7.77. The number of benzene rings is 4. The Balaban J connectivity index is 1.19. The van der Waals surface area contributed by atoms with E-state index in [1.165, 1.54) is 27.8 Å². The van der Waals surface area contributed by atoms with Gasteiger partial charge in [-0.05, 0) is 123 Å². The summed E-state index contributed by atoms with van der Waals surface area (Å²) in [7, 11) is 0. The van der Waals surface area contributed by atoms with Crippen LogP contribution in [0.2, 0.25) is 0 Å². The van der Waals surface area contributed by atoms with Crippen molar-refractivity contribution < 1.29 is 9.47 Å². The lowest BCUT2D eigenvalue weighted by molar-refractivity contribution is 0.0284. The molecule has 0 radical (unpaired) electrons. The van der Waals surface area contributed by atoms with Crippen LogP contribution in [0.15, 0.2) is 96.1 Å². The zero-order valence-electron chi connectivity index (χ0n) is 32.4. The topological polar surface area (TPSA) is 47.0 Å². The lowest BCUT2D eigenvalue weighted by Gasteiger charge is -2.41. The SMILES string of the molecule is Cc1cc(Oc2cc(C3=N[C@]4(C)CCCc5ccccc5[C@]4(C)O3)c(C)cc2C)cc(N2c3ccc(C(C)(C)C)cc3C(C)(C)c3cccnc32)c1. The molecule has 266 valence electrons. The quantitative estimate of drug-likeness (QED) is 0.188. The Bertz CT molecular complexity index is 2280. The average molecular weight is 690 g/mol. The molecule has 0 unspecified atom stereocenters. The fourth-order valence-corrected chi connectivity index (χ4v) is 8.74. The molecule has 1 aromatic heterocycles. The van der Waals surface area contributed by atoms with E-state index in [1.807, 2.05) is 12.3 Å². The highest BCUT2D eigenvalue weighted by atomic mass is 16.5. The number of ether oxygens (including phenoxy) is 2. The van der Waals surface area contributed by atoms with Gasteiger partial charge in [-0.2, -0.15) is 0 Å². The summed E-state index contributed by atoms with van der Waals surface area (Å²) in [4.78, 5) is 12.7. The van der Waals surface area contributed by atoms with Gasteiger partial charge >= 0.3 is 0 Å². The third-order valence-electron chi connectivity index (χ3n) is 12.0. The first-order valence-corrected chi connectivity index (χ1v) is 18.8. The van der Waals surface area contributed by atoms with Gasteiger partial charge in [-0.3, -0.25) is 4.90 Å². The highest BCUT2D eigenvalue weighted by molar-refractivity contribution is 5.98. The van der Waals surface area contributed by atoms with Crippen LogP contribution in [-0.4, -0.2) is 16.4 Å². The molecule has 0 bridgehead atoms. The molecule has 0 N–H and O–H groups in total. The Morgan fingerprint density at radius 3 is 2.35 bits per heavy atom. The monoisotopic (exact) mass is 689 g/mol. The van der Waals surface area contributed by atoms with E-state index in [0.29, 0.717) is 5.90 Å². The molecule has 5 heteroatoms. The molecule has 0 fully saturated rings. The van der Waals surface area contributed by atoms with Crippen LogP contribution in [0.5, 0.6) is 11.5 Å². The molecule has 1 aliphatic carbocycles. The third kappa shape index (κ3) is 5.35. The van der Waals surface area contributed by atoms with Gasteiger partial charge in [0, 0.05) is 34.4 Å². The first-order chi connectivity index (χ1) is 24.6. The second-order valence-corrected chi connectivity index (χ2v) is 17.2. The molecule has 2 atom stereocenters. The Hall–Kier alpha value is -4.90. The molecule has 0 saturated heterocycles. The summed E-state index contributed by atoms with van der Waals surface area (Å²) in [5.74, 6) is 3.21. The van der Waals surface area contributed by atoms with Crippen LogP contribution in [0.4, 0.5) is 17.2 Å². The van der Waals surface area contributed by atoms with E-state index < -0.39 is 5.60 Å². The van der Waals surface area contributed by atoms with Crippen molar-refractivity contribution >= 4 is 23.1 Å². The molecular formula is C47H51N3O2. The minimum Gasteiger partial charge on any atom is -0.464 e. The molecule has 5 nitrogen and oxygen atoms in total. The molecule has 8 rings (SSSR count). The number of pyridine rings is 1. The molecule has 0 spiro atoms. The molecule has 3 aliphatic rings. The van der Waals surface area contributed by atoms with E-state index in [2.05, 4.69) is 153 Å². The van der Waals surface area contributed by atoms with Crippen molar-refractivity contribution in [1.29, 1.82) is 0 Å². The van der Waals surface area contributed by atoms with E-state index in [-0.39, 0.29) is 16.4 Å². The fourth-order valence-electron chi connectivity index (χ4n) is 8.74. The molecular weight excluding hydrogens is 639 g/mol. The Labute approximate surface area is 309 Å². The molecule has 0 saturated carbocycles. The molecule has 52 heavy (non-hydrogen) atoms. The largest absolute Gasteiger partial charge is 0.464 e. The minimum atomic E-state index is -0.545. The summed E-state index contributed by atoms with van der Waals surface area (Å²) in [5.41, 5.74) is 11.8. The number of nitrogens with zero attached hydrogens (tertiary/aromatic N) is 3. The van der Waals surface area contributed by atoms with Gasteiger partial charge in [-0.1, -0.05) is 83.1 Å². The number of hydrogen-bond acceptors (Lipinski definition) is 5. The summed E-state index contributed by atoms with van der Waals surface area (Å²) in [6.45, 7) is 22.3. The summed E-state index contributed by atoms with van der Waals surface area (Å²) in [5, 5.41) is 0. The predicted octanol–water partition coefficient (Wildman–Crippen LogP) is 12.0. The minimum absolute atomic E-state index is 0.0343. The first kappa shape index (κ1) is 34.2. The average Bonchev–Trinajstić information content (AvgIpc) is 3.30. The van der Waals surface area contributed by atoms with Gasteiger partial charge in [-0.15, -0.1) is 0 Å². The molecule has 5 aromatic rings. The summed E-state index contributed by atoms with van der Waals surface area (Å²) < 4.78 is 13.8. The van der Waals surface area contributed by atoms with Crippen molar-refractivity contribution in [3.63, 3.8) is 0 Å². The maximum absolute atomic E-state index is 6.99. The van der Waals surface area contributed by atoms with Gasteiger partial charge in [0.1, 0.15) is 22.9 Å². The van der Waals surface area contributed by atoms with Crippen molar-refractivity contribution in [1.82, 2.24) is 4.98 Å². The number of rotatable bonds is 4. The Morgan fingerprint density at radius 1 is 0.788 bits per heavy atom. The van der Waals surface area contributed by atoms with Crippen molar-refractivity contribution in [3.05, 3.63) is 141 Å². The van der Waals surface area contributed by atoms with Crippen LogP contribution in [0.3, 0.4) is 0 Å². The van der Waals surface area contributed by atoms with Crippen LogP contribution >= 0.6 is 0 Å². The van der Waals surface area contributed by atoms with E-state index >= 15 is 0 Å². The second-order valence-electron chi connectivity index (χ2n) is 17.2. The zero-order chi connectivity index (χ0) is 36.8. The van der Waals surface area contributed by atoms with Crippen LogP contribution < -0.4 is 9.64 Å². The maximum atomic E-state index is 6.99. The van der Waals surface area contributed by atoms with Crippen LogP contribution in [-0.2, 0) is 27.6 Å². The second kappa shape index (κ2) is 11.8. The van der Waals surface area contributed by atoms with Crippen LogP contribution in [0.25, 0.3) is 0 Å². The van der Waals surface area contributed by atoms with Crippen LogP contribution in [0, 0.1) is 20.8 Å². The van der Waals surface area contributed by atoms with Gasteiger partial charge in [0.2, 0.25) is 5.90 Å². The van der Waals surface area contributed by atoms with Gasteiger partial charge in [0.15, 0.2) is 5.60 Å². The predicted molar refractivity (Wildman–Crippen MR) is 213 cm³/mol. The number of hydrogen-bond donors (Lipinski definition) is 0. The summed E-state index contributed by atoms with van der Waals surface area (Å²) >= 11 is 0. The van der Waals surface area contributed by atoms with E-state index in [0.717, 1.165) is 70.2 Å². The normalized spacial score (nSPS) is 21.6. The van der Waals surface area contributed by atoms with Crippen LogP contribution in [0.1, 0.15) is 111 Å². The number of aliphatic imine (C=N–C) groups is 1. The molecule has 0 amide bonds. The smallest absolute Gasteiger partial charge is 0.218 e. The highest BCUT2D eigenvalue weighted by Crippen LogP contribution is 2.53. The van der Waals surface area contributed by atoms with Crippen molar-refractivity contribution in [2.75, 3.05) is 4.90 Å². The van der Waals surface area contributed by atoms with E-state index in [4.69, 9.17) is 19.5 Å². The first-order valence-electron chi connectivity index (χ1n) is 18.8. The van der Waals surface area contributed by atoms with Gasteiger partial charge in [-0.25, -0.2) is 9.98 Å². The number of anilines is 3. The van der Waals surface area contributed by atoms with Crippen molar-refractivity contribution in [2.24, 2.45) is 4.99 Å². The lowest BCUT2D eigenvalue weighted by atomic mass is 9.72. The number of fused-ring (bicyclic) bond motifs is 5. The van der Waals surface area contributed by atoms with Crippen molar-refractivity contribution in [3.8, 4) is 11.5 Å². The van der Waals surface area contributed by atoms with E-state index in [1.54, 1.807) is 0 Å². The molecule has 4 aromatic carbocycles. The number of aryl methyl sites for hydroxylation is 4. The Morgan fingerprint density at radius 2 is 1.56 bits per heavy atom. The lowest BCUT2D eigenvalue weighted by Crippen LogP contribution is -2.43. The van der Waals surface area contributed by atoms with Crippen molar-refractivity contribution in [2.45, 2.75) is 110 Å².